The van der Waals surface area contributed by atoms with Crippen LogP contribution in [0.5, 0.6) is 0 Å². The number of hydrogen-bond donors (Lipinski definition) is 2. The summed E-state index contributed by atoms with van der Waals surface area (Å²) in [5.41, 5.74) is 0.909. The van der Waals surface area contributed by atoms with Gasteiger partial charge in [-0.05, 0) is 51.0 Å². The van der Waals surface area contributed by atoms with Gasteiger partial charge in [-0.15, -0.1) is 0 Å². The number of likely N-dealkylation sites (tertiary alicyclic amines) is 1. The van der Waals surface area contributed by atoms with Crippen LogP contribution >= 0.6 is 11.6 Å². The molecule has 0 aliphatic carbocycles. The minimum atomic E-state index is -0.233. The topological polar surface area (TPSA) is 79.4 Å². The number of halogens is 1. The first-order chi connectivity index (χ1) is 13.0. The van der Waals surface area contributed by atoms with Crippen molar-refractivity contribution >= 4 is 35.0 Å². The average Bonchev–Trinajstić information content (AvgIpc) is 2.64. The Balaban J connectivity index is 1.60. The molecule has 1 aliphatic rings. The molecule has 2 heterocycles. The SMILES string of the molecule is CCOC(=O)N1CCC(Nc2cc(Nc3ccc(Cl)cc3)nc(C)n2)CC1. The number of amides is 1. The highest BCUT2D eigenvalue weighted by Crippen LogP contribution is 2.21. The monoisotopic (exact) mass is 389 g/mol. The van der Waals surface area contributed by atoms with E-state index in [-0.39, 0.29) is 12.1 Å². The highest BCUT2D eigenvalue weighted by molar-refractivity contribution is 6.30. The molecule has 0 saturated carbocycles. The van der Waals surface area contributed by atoms with Gasteiger partial charge >= 0.3 is 6.09 Å². The summed E-state index contributed by atoms with van der Waals surface area (Å²) in [5, 5.41) is 7.41. The van der Waals surface area contributed by atoms with E-state index in [1.807, 2.05) is 44.2 Å². The van der Waals surface area contributed by atoms with Crippen molar-refractivity contribution in [3.05, 3.63) is 41.2 Å². The summed E-state index contributed by atoms with van der Waals surface area (Å²) < 4.78 is 5.06. The summed E-state index contributed by atoms with van der Waals surface area (Å²) in [5.74, 6) is 2.17. The molecule has 27 heavy (non-hydrogen) atoms. The van der Waals surface area contributed by atoms with Crippen molar-refractivity contribution in [1.29, 1.82) is 0 Å². The third-order valence-electron chi connectivity index (χ3n) is 4.33. The molecule has 2 aromatic rings. The lowest BCUT2D eigenvalue weighted by Crippen LogP contribution is -2.42. The minimum absolute atomic E-state index is 0.233. The fourth-order valence-corrected chi connectivity index (χ4v) is 3.14. The second-order valence-corrected chi connectivity index (χ2v) is 6.86. The van der Waals surface area contributed by atoms with E-state index < -0.39 is 0 Å². The third-order valence-corrected chi connectivity index (χ3v) is 4.58. The molecule has 0 unspecified atom stereocenters. The molecule has 0 spiro atoms. The Morgan fingerprint density at radius 2 is 1.89 bits per heavy atom. The van der Waals surface area contributed by atoms with Gasteiger partial charge in [0.05, 0.1) is 6.61 Å². The van der Waals surface area contributed by atoms with Crippen LogP contribution in [0.25, 0.3) is 0 Å². The van der Waals surface area contributed by atoms with Crippen LogP contribution in [0.15, 0.2) is 30.3 Å². The standard InChI is InChI=1S/C19H24ClN5O2/c1-3-27-19(26)25-10-8-16(9-11-25)24-18-12-17(21-13(2)22-18)23-15-6-4-14(20)5-7-15/h4-7,12,16H,3,8-11H2,1-2H3,(H2,21,22,23,24). The average molecular weight is 390 g/mol. The van der Waals surface area contributed by atoms with Crippen LogP contribution in [0.1, 0.15) is 25.6 Å². The Morgan fingerprint density at radius 1 is 1.22 bits per heavy atom. The normalized spacial score (nSPS) is 14.7. The first-order valence-electron chi connectivity index (χ1n) is 9.10. The number of anilines is 3. The van der Waals surface area contributed by atoms with E-state index in [0.29, 0.717) is 30.5 Å². The van der Waals surface area contributed by atoms with E-state index in [2.05, 4.69) is 20.6 Å². The molecule has 2 N–H and O–H groups in total. The zero-order valence-corrected chi connectivity index (χ0v) is 16.3. The fourth-order valence-electron chi connectivity index (χ4n) is 3.02. The van der Waals surface area contributed by atoms with E-state index in [1.54, 1.807) is 4.90 Å². The van der Waals surface area contributed by atoms with E-state index in [0.717, 1.165) is 30.2 Å². The van der Waals surface area contributed by atoms with Crippen molar-refractivity contribution < 1.29 is 9.53 Å². The molecule has 1 aromatic carbocycles. The lowest BCUT2D eigenvalue weighted by atomic mass is 10.1. The number of rotatable bonds is 5. The van der Waals surface area contributed by atoms with E-state index >= 15 is 0 Å². The van der Waals surface area contributed by atoms with Crippen molar-refractivity contribution in [2.45, 2.75) is 32.7 Å². The molecule has 7 nitrogen and oxygen atoms in total. The molecule has 3 rings (SSSR count). The van der Waals surface area contributed by atoms with Crippen LogP contribution in [0.4, 0.5) is 22.1 Å². The molecule has 1 fully saturated rings. The highest BCUT2D eigenvalue weighted by Gasteiger charge is 2.23. The maximum atomic E-state index is 11.8. The number of carbonyl (C=O) groups is 1. The van der Waals surface area contributed by atoms with Gasteiger partial charge in [-0.25, -0.2) is 14.8 Å². The van der Waals surface area contributed by atoms with Crippen LogP contribution in [0, 0.1) is 6.92 Å². The van der Waals surface area contributed by atoms with Crippen LogP contribution < -0.4 is 10.6 Å². The lowest BCUT2D eigenvalue weighted by molar-refractivity contribution is 0.0983. The predicted octanol–water partition coefficient (Wildman–Crippen LogP) is 4.21. The smallest absolute Gasteiger partial charge is 0.409 e. The molecule has 1 amide bonds. The van der Waals surface area contributed by atoms with Gasteiger partial charge in [0.1, 0.15) is 17.5 Å². The number of aromatic nitrogens is 2. The number of nitrogens with one attached hydrogen (secondary N) is 2. The summed E-state index contributed by atoms with van der Waals surface area (Å²) >= 11 is 5.93. The number of piperidine rings is 1. The Kier molecular flexibility index (Phi) is 6.34. The summed E-state index contributed by atoms with van der Waals surface area (Å²) in [6.07, 6.45) is 1.46. The number of hydrogen-bond acceptors (Lipinski definition) is 6. The van der Waals surface area contributed by atoms with Gasteiger partial charge in [-0.3, -0.25) is 0 Å². The number of aryl methyl sites for hydroxylation is 1. The van der Waals surface area contributed by atoms with Gasteiger partial charge in [-0.1, -0.05) is 11.6 Å². The van der Waals surface area contributed by atoms with Gasteiger partial charge in [0.25, 0.3) is 0 Å². The van der Waals surface area contributed by atoms with Crippen molar-refractivity contribution in [1.82, 2.24) is 14.9 Å². The van der Waals surface area contributed by atoms with Crippen LogP contribution in [-0.2, 0) is 4.74 Å². The number of carbonyl (C=O) groups excluding carboxylic acids is 1. The highest BCUT2D eigenvalue weighted by atomic mass is 35.5. The summed E-state index contributed by atoms with van der Waals surface area (Å²) in [6, 6.07) is 9.60. The van der Waals surface area contributed by atoms with E-state index in [9.17, 15) is 4.79 Å². The Labute approximate surface area is 164 Å². The first kappa shape index (κ1) is 19.2. The third kappa shape index (κ3) is 5.47. The Bertz CT molecular complexity index is 776. The lowest BCUT2D eigenvalue weighted by Gasteiger charge is -2.31. The van der Waals surface area contributed by atoms with E-state index in [1.165, 1.54) is 0 Å². The van der Waals surface area contributed by atoms with Gasteiger partial charge in [0, 0.05) is 35.9 Å². The van der Waals surface area contributed by atoms with Gasteiger partial charge in [0.2, 0.25) is 0 Å². The molecule has 144 valence electrons. The molecule has 0 bridgehead atoms. The number of nitrogens with zero attached hydrogens (tertiary/aromatic N) is 3. The van der Waals surface area contributed by atoms with Crippen molar-refractivity contribution in [3.8, 4) is 0 Å². The molecule has 0 radical (unpaired) electrons. The second-order valence-electron chi connectivity index (χ2n) is 6.42. The number of ether oxygens (including phenoxy) is 1. The zero-order valence-electron chi connectivity index (χ0n) is 15.5. The van der Waals surface area contributed by atoms with Gasteiger partial charge < -0.3 is 20.3 Å². The van der Waals surface area contributed by atoms with Gasteiger partial charge in [0.15, 0.2) is 0 Å². The molecule has 1 aliphatic heterocycles. The minimum Gasteiger partial charge on any atom is -0.450 e. The Hall–Kier alpha value is -2.54. The molecular formula is C19H24ClN5O2. The van der Waals surface area contributed by atoms with Gasteiger partial charge in [-0.2, -0.15) is 0 Å². The molecular weight excluding hydrogens is 366 g/mol. The largest absolute Gasteiger partial charge is 0.450 e. The quantitative estimate of drug-likeness (QED) is 0.797. The van der Waals surface area contributed by atoms with Crippen LogP contribution in [-0.4, -0.2) is 46.7 Å². The summed E-state index contributed by atoms with van der Waals surface area (Å²) in [4.78, 5) is 22.5. The van der Waals surface area contributed by atoms with Crippen molar-refractivity contribution in [2.75, 3.05) is 30.3 Å². The van der Waals surface area contributed by atoms with Crippen LogP contribution in [0.3, 0.4) is 0 Å². The summed E-state index contributed by atoms with van der Waals surface area (Å²) in [7, 11) is 0. The predicted molar refractivity (Wildman–Crippen MR) is 107 cm³/mol. The fraction of sp³-hybridized carbons (Fsp3) is 0.421. The van der Waals surface area contributed by atoms with Crippen LogP contribution in [0.2, 0.25) is 5.02 Å². The maximum Gasteiger partial charge on any atom is 0.409 e. The van der Waals surface area contributed by atoms with Crippen molar-refractivity contribution in [3.63, 3.8) is 0 Å². The molecule has 0 atom stereocenters. The first-order valence-corrected chi connectivity index (χ1v) is 9.48. The molecule has 1 aromatic heterocycles. The second kappa shape index (κ2) is 8.90. The summed E-state index contributed by atoms with van der Waals surface area (Å²) in [6.45, 7) is 5.44. The Morgan fingerprint density at radius 3 is 2.56 bits per heavy atom. The van der Waals surface area contributed by atoms with Crippen molar-refractivity contribution in [2.24, 2.45) is 0 Å². The zero-order chi connectivity index (χ0) is 19.2. The van der Waals surface area contributed by atoms with E-state index in [4.69, 9.17) is 16.3 Å². The maximum absolute atomic E-state index is 11.8. The number of benzene rings is 1. The molecule has 8 heteroatoms. The molecule has 1 saturated heterocycles.